The van der Waals surface area contributed by atoms with Crippen LogP contribution in [0.4, 0.5) is 5.13 Å². The molecule has 2 amide bonds. The van der Waals surface area contributed by atoms with E-state index in [0.717, 1.165) is 56.4 Å². The van der Waals surface area contributed by atoms with Gasteiger partial charge in [0, 0.05) is 19.3 Å². The maximum absolute atomic E-state index is 12.2. The van der Waals surface area contributed by atoms with Crippen molar-refractivity contribution in [3.05, 3.63) is 76.8 Å². The lowest BCUT2D eigenvalue weighted by Crippen LogP contribution is -2.27. The van der Waals surface area contributed by atoms with Gasteiger partial charge in [0.2, 0.25) is 16.9 Å². The zero-order chi connectivity index (χ0) is 26.4. The molecular weight excluding hydrogens is 516 g/mol. The number of hydrogen-bond acceptors (Lipinski definition) is 8. The van der Waals surface area contributed by atoms with E-state index in [2.05, 4.69) is 55.6 Å². The molecule has 1 aliphatic rings. The van der Waals surface area contributed by atoms with Gasteiger partial charge in [-0.3, -0.25) is 15.0 Å². The number of nitrogens with zero attached hydrogens (tertiary/aromatic N) is 3. The minimum Gasteiger partial charge on any atom is -0.304 e. The highest BCUT2D eigenvalue weighted by atomic mass is 32.2. The first kappa shape index (κ1) is 27.8. The first-order valence-electron chi connectivity index (χ1n) is 13.1. The number of thioether (sulfide) groups is 1. The fourth-order valence-corrected chi connectivity index (χ4v) is 5.80. The van der Waals surface area contributed by atoms with Crippen LogP contribution >= 0.6 is 23.1 Å². The van der Waals surface area contributed by atoms with E-state index in [-0.39, 0.29) is 17.2 Å². The second kappa shape index (κ2) is 15.2. The number of carbonyl (C=O) groups is 2. The molecule has 0 radical (unpaired) electrons. The Morgan fingerprint density at radius 1 is 0.763 bits per heavy atom. The average Bonchev–Trinajstić information content (AvgIpc) is 3.57. The molecule has 8 nitrogen and oxygen atoms in total. The summed E-state index contributed by atoms with van der Waals surface area (Å²) in [6, 6.07) is 20.4. The first-order valence-corrected chi connectivity index (χ1v) is 14.8. The second-order valence-corrected chi connectivity index (χ2v) is 11.4. The van der Waals surface area contributed by atoms with Crippen LogP contribution in [0.5, 0.6) is 0 Å². The summed E-state index contributed by atoms with van der Waals surface area (Å²) in [6.45, 7) is 0. The number of hydrazone groups is 1. The summed E-state index contributed by atoms with van der Waals surface area (Å²) in [5, 5.41) is 20.7. The molecular formula is C28H34N6O2S2. The second-order valence-electron chi connectivity index (χ2n) is 9.17. The van der Waals surface area contributed by atoms with Gasteiger partial charge in [-0.1, -0.05) is 90.2 Å². The van der Waals surface area contributed by atoms with Crippen LogP contribution < -0.4 is 16.1 Å². The highest BCUT2D eigenvalue weighted by Gasteiger charge is 2.20. The van der Waals surface area contributed by atoms with Crippen molar-refractivity contribution in [2.24, 2.45) is 5.10 Å². The van der Waals surface area contributed by atoms with Gasteiger partial charge in [-0.15, -0.1) is 10.2 Å². The van der Waals surface area contributed by atoms with Crippen LogP contribution in [0, 0.1) is 0 Å². The summed E-state index contributed by atoms with van der Waals surface area (Å²) < 4.78 is 0. The van der Waals surface area contributed by atoms with Crippen molar-refractivity contribution in [3.8, 4) is 0 Å². The van der Waals surface area contributed by atoms with E-state index in [0.29, 0.717) is 23.1 Å². The number of nitrogens with one attached hydrogen (secondary N) is 3. The summed E-state index contributed by atoms with van der Waals surface area (Å²) in [4.78, 5) is 24.4. The van der Waals surface area contributed by atoms with E-state index in [1.807, 2.05) is 36.4 Å². The molecule has 1 atom stereocenters. The number of unbranched alkanes of at least 4 members (excludes halogenated alkanes) is 1. The topological polar surface area (TPSA) is 108 Å². The van der Waals surface area contributed by atoms with E-state index in [1.165, 1.54) is 22.5 Å². The van der Waals surface area contributed by atoms with E-state index < -0.39 is 0 Å². The molecule has 0 aliphatic carbocycles. The fourth-order valence-electron chi connectivity index (χ4n) is 4.07. The smallest absolute Gasteiger partial charge is 0.226 e. The zero-order valence-corrected chi connectivity index (χ0v) is 23.0. The van der Waals surface area contributed by atoms with Gasteiger partial charge in [0.05, 0.1) is 5.37 Å². The standard InChI is InChI=1S/C28H34N6O2S2/c35-23(17-9-15-21-11-3-1-4-12-21)29-27-33-31-25(37-27)19-7-8-20-26-32-34-28(38-26)30-24(36)18-10-16-22-13-5-2-6-14-22/h1-6,11-14,25,31H,7-10,15-20H2,(H,29,33,35)(H,30,34,36). The molecule has 0 spiro atoms. The highest BCUT2D eigenvalue weighted by Crippen LogP contribution is 2.23. The van der Waals surface area contributed by atoms with E-state index in [4.69, 9.17) is 0 Å². The Labute approximate surface area is 232 Å². The van der Waals surface area contributed by atoms with Crippen LogP contribution in [0.2, 0.25) is 0 Å². The Kier molecular flexibility index (Phi) is 11.1. The lowest BCUT2D eigenvalue weighted by atomic mass is 10.1. The van der Waals surface area contributed by atoms with Crippen molar-refractivity contribution in [1.29, 1.82) is 0 Å². The molecule has 38 heavy (non-hydrogen) atoms. The third kappa shape index (κ3) is 9.90. The van der Waals surface area contributed by atoms with Crippen molar-refractivity contribution < 1.29 is 9.59 Å². The number of anilines is 1. The molecule has 4 rings (SSSR count). The Bertz CT molecular complexity index is 1190. The van der Waals surface area contributed by atoms with Crippen LogP contribution in [-0.2, 0) is 28.9 Å². The summed E-state index contributed by atoms with van der Waals surface area (Å²) in [5.74, 6) is -0.0166. The number of benzene rings is 2. The van der Waals surface area contributed by atoms with Crippen molar-refractivity contribution in [2.45, 2.75) is 69.6 Å². The quantitative estimate of drug-likeness (QED) is 0.236. The SMILES string of the molecule is O=C(CCCc1ccccc1)NC1=NNC(CCCCc2nnc(NC(=O)CCCc3ccccc3)s2)S1. The molecule has 1 aliphatic heterocycles. The highest BCUT2D eigenvalue weighted by molar-refractivity contribution is 8.14. The van der Waals surface area contributed by atoms with Gasteiger partial charge in [0.25, 0.3) is 0 Å². The normalized spacial score (nSPS) is 14.5. The van der Waals surface area contributed by atoms with E-state index in [9.17, 15) is 9.59 Å². The molecule has 200 valence electrons. The molecule has 1 unspecified atom stereocenters. The summed E-state index contributed by atoms with van der Waals surface area (Å²) in [5.41, 5.74) is 5.60. The Hall–Kier alpha value is -3.24. The zero-order valence-electron chi connectivity index (χ0n) is 21.4. The van der Waals surface area contributed by atoms with Gasteiger partial charge >= 0.3 is 0 Å². The number of carbonyl (C=O) groups excluding carboxylic acids is 2. The van der Waals surface area contributed by atoms with Gasteiger partial charge in [-0.2, -0.15) is 5.10 Å². The van der Waals surface area contributed by atoms with Crippen molar-refractivity contribution in [1.82, 2.24) is 20.9 Å². The number of hydrogen-bond donors (Lipinski definition) is 3. The Morgan fingerprint density at radius 2 is 1.39 bits per heavy atom. The van der Waals surface area contributed by atoms with Gasteiger partial charge < -0.3 is 10.6 Å². The lowest BCUT2D eigenvalue weighted by Gasteiger charge is -2.08. The summed E-state index contributed by atoms with van der Waals surface area (Å²) in [6.07, 6.45) is 8.08. The van der Waals surface area contributed by atoms with Gasteiger partial charge in [0.15, 0.2) is 5.17 Å². The Morgan fingerprint density at radius 3 is 2.05 bits per heavy atom. The molecule has 3 N–H and O–H groups in total. The fraction of sp³-hybridized carbons (Fsp3) is 0.393. The molecule has 0 saturated carbocycles. The summed E-state index contributed by atoms with van der Waals surface area (Å²) in [7, 11) is 0. The van der Waals surface area contributed by atoms with Crippen LogP contribution in [0.1, 0.15) is 61.1 Å². The number of aryl methyl sites for hydroxylation is 3. The van der Waals surface area contributed by atoms with Gasteiger partial charge in [-0.25, -0.2) is 0 Å². The monoisotopic (exact) mass is 550 g/mol. The van der Waals surface area contributed by atoms with Crippen molar-refractivity contribution in [3.63, 3.8) is 0 Å². The number of amides is 2. The number of rotatable bonds is 14. The van der Waals surface area contributed by atoms with Crippen molar-refractivity contribution >= 4 is 45.2 Å². The predicted octanol–water partition coefficient (Wildman–Crippen LogP) is 5.28. The molecule has 1 aromatic heterocycles. The van der Waals surface area contributed by atoms with E-state index in [1.54, 1.807) is 11.8 Å². The first-order chi connectivity index (χ1) is 18.6. The molecule has 0 fully saturated rings. The minimum atomic E-state index is -0.0212. The van der Waals surface area contributed by atoms with Crippen LogP contribution in [0.15, 0.2) is 65.8 Å². The molecule has 3 aromatic rings. The summed E-state index contributed by atoms with van der Waals surface area (Å²) >= 11 is 3.01. The lowest BCUT2D eigenvalue weighted by molar-refractivity contribution is -0.119. The van der Waals surface area contributed by atoms with Crippen LogP contribution in [-0.4, -0.2) is 32.6 Å². The largest absolute Gasteiger partial charge is 0.304 e. The van der Waals surface area contributed by atoms with E-state index >= 15 is 0 Å². The molecule has 2 aromatic carbocycles. The predicted molar refractivity (Wildman–Crippen MR) is 155 cm³/mol. The number of amidine groups is 1. The third-order valence-electron chi connectivity index (χ3n) is 6.05. The average molecular weight is 551 g/mol. The Balaban J connectivity index is 1.03. The van der Waals surface area contributed by atoms with Gasteiger partial charge in [0.1, 0.15) is 5.01 Å². The minimum absolute atomic E-state index is 0.00462. The third-order valence-corrected chi connectivity index (χ3v) is 8.00. The molecule has 0 bridgehead atoms. The maximum atomic E-state index is 12.2. The van der Waals surface area contributed by atoms with Crippen LogP contribution in [0.3, 0.4) is 0 Å². The maximum Gasteiger partial charge on any atom is 0.226 e. The molecule has 2 heterocycles. The van der Waals surface area contributed by atoms with Crippen molar-refractivity contribution in [2.75, 3.05) is 5.32 Å². The van der Waals surface area contributed by atoms with Gasteiger partial charge in [-0.05, 0) is 49.7 Å². The van der Waals surface area contributed by atoms with Crippen LogP contribution in [0.25, 0.3) is 0 Å². The number of aromatic nitrogens is 2. The molecule has 10 heteroatoms. The molecule has 0 saturated heterocycles.